The molecule has 1 rings (SSSR count). The van der Waals surface area contributed by atoms with Gasteiger partial charge in [-0.1, -0.05) is 19.9 Å². The fraction of sp³-hybridized carbons (Fsp3) is 0.467. The van der Waals surface area contributed by atoms with Gasteiger partial charge < -0.3 is 20.6 Å². The van der Waals surface area contributed by atoms with Crippen molar-refractivity contribution in [2.24, 2.45) is 5.92 Å². The monoisotopic (exact) mass is 293 g/mol. The van der Waals surface area contributed by atoms with E-state index in [1.165, 1.54) is 0 Å². The smallest absolute Gasteiger partial charge is 0.326 e. The molecule has 3 N–H and O–H groups in total. The van der Waals surface area contributed by atoms with Gasteiger partial charge in [0.05, 0.1) is 0 Å². The fourth-order valence-electron chi connectivity index (χ4n) is 1.88. The Morgan fingerprint density at radius 3 is 2.48 bits per heavy atom. The van der Waals surface area contributed by atoms with Crippen molar-refractivity contribution < 1.29 is 14.7 Å². The van der Waals surface area contributed by atoms with E-state index >= 15 is 0 Å². The molecule has 1 aromatic rings. The normalized spacial score (nSPS) is 11.9. The van der Waals surface area contributed by atoms with Crippen LogP contribution in [0.2, 0.25) is 0 Å². The van der Waals surface area contributed by atoms with Crippen molar-refractivity contribution >= 4 is 23.4 Å². The van der Waals surface area contributed by atoms with E-state index in [1.54, 1.807) is 6.07 Å². The number of aliphatic carboxylic acids is 1. The number of anilines is 2. The minimum absolute atomic E-state index is 0.184. The summed E-state index contributed by atoms with van der Waals surface area (Å²) < 4.78 is 0. The summed E-state index contributed by atoms with van der Waals surface area (Å²) in [6.07, 6.45) is 0.389. The van der Waals surface area contributed by atoms with Crippen molar-refractivity contribution in [3.63, 3.8) is 0 Å². The number of hydrogen-bond acceptors (Lipinski definition) is 3. The van der Waals surface area contributed by atoms with E-state index in [0.717, 1.165) is 5.69 Å². The molecule has 0 spiro atoms. The number of carboxylic acids is 1. The van der Waals surface area contributed by atoms with Gasteiger partial charge in [-0.25, -0.2) is 9.59 Å². The number of benzene rings is 1. The zero-order valence-corrected chi connectivity index (χ0v) is 12.9. The fourth-order valence-corrected chi connectivity index (χ4v) is 1.88. The van der Waals surface area contributed by atoms with Crippen LogP contribution in [0.1, 0.15) is 20.3 Å². The van der Waals surface area contributed by atoms with E-state index in [2.05, 4.69) is 10.6 Å². The third-order valence-electron chi connectivity index (χ3n) is 2.93. The van der Waals surface area contributed by atoms with Crippen LogP contribution >= 0.6 is 0 Å². The summed E-state index contributed by atoms with van der Waals surface area (Å²) in [5.74, 6) is -0.843. The SMILES string of the molecule is CC(C)C[C@H](NC(=O)Nc1cccc(N(C)C)c1)C(=O)O. The Labute approximate surface area is 125 Å². The van der Waals surface area contributed by atoms with Gasteiger partial charge in [-0.05, 0) is 30.5 Å². The summed E-state index contributed by atoms with van der Waals surface area (Å²) in [4.78, 5) is 24.9. The van der Waals surface area contributed by atoms with E-state index in [0.29, 0.717) is 12.1 Å². The molecular weight excluding hydrogens is 270 g/mol. The van der Waals surface area contributed by atoms with Gasteiger partial charge in [0.1, 0.15) is 6.04 Å². The van der Waals surface area contributed by atoms with E-state index in [-0.39, 0.29) is 5.92 Å². The topological polar surface area (TPSA) is 81.7 Å². The van der Waals surface area contributed by atoms with Crippen molar-refractivity contribution in [1.82, 2.24) is 5.32 Å². The van der Waals surface area contributed by atoms with Crippen LogP contribution in [0.15, 0.2) is 24.3 Å². The number of amides is 2. The molecule has 0 saturated carbocycles. The second kappa shape index (κ2) is 7.52. The Hall–Kier alpha value is -2.24. The third kappa shape index (κ3) is 5.72. The highest BCUT2D eigenvalue weighted by molar-refractivity contribution is 5.92. The molecule has 0 bridgehead atoms. The number of carbonyl (C=O) groups is 2. The highest BCUT2D eigenvalue weighted by Crippen LogP contribution is 2.17. The summed E-state index contributed by atoms with van der Waals surface area (Å²) in [5, 5.41) is 14.2. The molecule has 0 saturated heterocycles. The summed E-state index contributed by atoms with van der Waals surface area (Å²) in [6, 6.07) is 5.92. The Balaban J connectivity index is 2.67. The number of nitrogens with zero attached hydrogens (tertiary/aromatic N) is 1. The van der Waals surface area contributed by atoms with Gasteiger partial charge in [0.25, 0.3) is 0 Å². The lowest BCUT2D eigenvalue weighted by molar-refractivity contribution is -0.139. The van der Waals surface area contributed by atoms with Gasteiger partial charge >= 0.3 is 12.0 Å². The second-order valence-corrected chi connectivity index (χ2v) is 5.56. The van der Waals surface area contributed by atoms with E-state index in [4.69, 9.17) is 5.11 Å². The molecule has 1 atom stereocenters. The van der Waals surface area contributed by atoms with Crippen LogP contribution in [0.5, 0.6) is 0 Å². The average Bonchev–Trinajstić information content (AvgIpc) is 2.37. The number of carboxylic acid groups (broad SMARTS) is 1. The lowest BCUT2D eigenvalue weighted by atomic mass is 10.0. The minimum atomic E-state index is -1.03. The Morgan fingerprint density at radius 1 is 1.29 bits per heavy atom. The lowest BCUT2D eigenvalue weighted by Crippen LogP contribution is -2.43. The molecule has 0 radical (unpaired) electrons. The average molecular weight is 293 g/mol. The molecule has 6 heteroatoms. The molecule has 1 aromatic carbocycles. The molecule has 21 heavy (non-hydrogen) atoms. The standard InChI is InChI=1S/C15H23N3O3/c1-10(2)8-13(14(19)20)17-15(21)16-11-6-5-7-12(9-11)18(3)4/h5-7,9-10,13H,8H2,1-4H3,(H,19,20)(H2,16,17,21)/t13-/m0/s1. The molecule has 0 aromatic heterocycles. The molecule has 0 unspecified atom stereocenters. The Kier molecular flexibility index (Phi) is 6.02. The maximum atomic E-state index is 11.9. The van der Waals surface area contributed by atoms with Gasteiger partial charge in [0, 0.05) is 25.5 Å². The quantitative estimate of drug-likeness (QED) is 0.752. The third-order valence-corrected chi connectivity index (χ3v) is 2.93. The second-order valence-electron chi connectivity index (χ2n) is 5.56. The maximum absolute atomic E-state index is 11.9. The van der Waals surface area contributed by atoms with Crippen LogP contribution in [0.25, 0.3) is 0 Å². The molecular formula is C15H23N3O3. The van der Waals surface area contributed by atoms with Crippen LogP contribution in [0, 0.1) is 5.92 Å². The zero-order chi connectivity index (χ0) is 16.0. The molecule has 0 fully saturated rings. The van der Waals surface area contributed by atoms with Gasteiger partial charge in [-0.3, -0.25) is 0 Å². The van der Waals surface area contributed by atoms with E-state index in [9.17, 15) is 9.59 Å². The summed E-state index contributed by atoms with van der Waals surface area (Å²) in [5.41, 5.74) is 1.57. The van der Waals surface area contributed by atoms with Gasteiger partial charge in [-0.15, -0.1) is 0 Å². The molecule has 0 aliphatic rings. The van der Waals surface area contributed by atoms with E-state index in [1.807, 2.05) is 51.0 Å². The molecule has 0 heterocycles. The minimum Gasteiger partial charge on any atom is -0.480 e. The predicted octanol–water partition coefficient (Wildman–Crippen LogP) is 2.37. The molecule has 0 aliphatic heterocycles. The van der Waals surface area contributed by atoms with Crippen LogP contribution in [-0.2, 0) is 4.79 Å². The van der Waals surface area contributed by atoms with Crippen molar-refractivity contribution in [1.29, 1.82) is 0 Å². The van der Waals surface area contributed by atoms with Gasteiger partial charge in [0.15, 0.2) is 0 Å². The first-order chi connectivity index (χ1) is 9.79. The number of urea groups is 1. The van der Waals surface area contributed by atoms with Crippen molar-refractivity contribution in [3.8, 4) is 0 Å². The van der Waals surface area contributed by atoms with Crippen LogP contribution in [0.4, 0.5) is 16.2 Å². The van der Waals surface area contributed by atoms with Crippen molar-refractivity contribution in [3.05, 3.63) is 24.3 Å². The van der Waals surface area contributed by atoms with Crippen LogP contribution in [0.3, 0.4) is 0 Å². The van der Waals surface area contributed by atoms with E-state index < -0.39 is 18.0 Å². The van der Waals surface area contributed by atoms with Crippen LogP contribution in [-0.4, -0.2) is 37.2 Å². The maximum Gasteiger partial charge on any atom is 0.326 e. The number of rotatable bonds is 6. The molecule has 6 nitrogen and oxygen atoms in total. The molecule has 2 amide bonds. The Morgan fingerprint density at radius 2 is 1.95 bits per heavy atom. The van der Waals surface area contributed by atoms with Crippen molar-refractivity contribution in [2.75, 3.05) is 24.3 Å². The number of hydrogen-bond donors (Lipinski definition) is 3. The zero-order valence-electron chi connectivity index (χ0n) is 12.9. The first-order valence-corrected chi connectivity index (χ1v) is 6.87. The molecule has 116 valence electrons. The first kappa shape index (κ1) is 16.8. The Bertz CT molecular complexity index is 501. The summed E-state index contributed by atoms with van der Waals surface area (Å²) in [7, 11) is 3.81. The number of carbonyl (C=O) groups excluding carboxylic acids is 1. The lowest BCUT2D eigenvalue weighted by Gasteiger charge is -2.18. The highest BCUT2D eigenvalue weighted by atomic mass is 16.4. The molecule has 0 aliphatic carbocycles. The highest BCUT2D eigenvalue weighted by Gasteiger charge is 2.21. The van der Waals surface area contributed by atoms with Gasteiger partial charge in [0.2, 0.25) is 0 Å². The van der Waals surface area contributed by atoms with Crippen LogP contribution < -0.4 is 15.5 Å². The predicted molar refractivity (Wildman–Crippen MR) is 83.8 cm³/mol. The number of nitrogens with one attached hydrogen (secondary N) is 2. The van der Waals surface area contributed by atoms with Gasteiger partial charge in [-0.2, -0.15) is 0 Å². The first-order valence-electron chi connectivity index (χ1n) is 6.87. The summed E-state index contributed by atoms with van der Waals surface area (Å²) >= 11 is 0. The van der Waals surface area contributed by atoms with Crippen molar-refractivity contribution in [2.45, 2.75) is 26.3 Å². The largest absolute Gasteiger partial charge is 0.480 e. The summed E-state index contributed by atoms with van der Waals surface area (Å²) in [6.45, 7) is 3.83.